The van der Waals surface area contributed by atoms with E-state index in [4.69, 9.17) is 13.2 Å². The summed E-state index contributed by atoms with van der Waals surface area (Å²) in [4.78, 5) is 0. The molecule has 0 N–H and O–H groups in total. The normalized spacial score (nSPS) is 27.8. The molecule has 0 amide bonds. The minimum Gasteiger partial charge on any atom is -0.0992 e. The number of aryl methyl sites for hydroxylation is 1. The summed E-state index contributed by atoms with van der Waals surface area (Å²) in [6, 6.07) is 13.6. The van der Waals surface area contributed by atoms with Gasteiger partial charge in [0, 0.05) is 5.41 Å². The van der Waals surface area contributed by atoms with Crippen molar-refractivity contribution in [2.45, 2.75) is 87.5 Å². The van der Waals surface area contributed by atoms with Crippen molar-refractivity contribution >= 4 is 5.57 Å². The summed E-state index contributed by atoms with van der Waals surface area (Å²) in [5.41, 5.74) is 18.8. The molecule has 0 bridgehead atoms. The Labute approximate surface area is 244 Å². The monoisotopic (exact) mass is 528 g/mol. The predicted molar refractivity (Wildman–Crippen MR) is 175 cm³/mol. The highest BCUT2D eigenvalue weighted by atomic mass is 14.6. The zero-order valence-corrected chi connectivity index (χ0v) is 26.3. The molecule has 0 radical (unpaired) electrons. The molecule has 0 aromatic heterocycles. The minimum absolute atomic E-state index is 0.0622. The number of benzene rings is 2. The van der Waals surface area contributed by atoms with Crippen LogP contribution in [0.4, 0.5) is 0 Å². The summed E-state index contributed by atoms with van der Waals surface area (Å²) in [5.74, 6) is 0. The molecular weight excluding hydrogens is 480 g/mol. The van der Waals surface area contributed by atoms with Crippen LogP contribution in [-0.4, -0.2) is 0 Å². The van der Waals surface area contributed by atoms with Crippen LogP contribution in [0.15, 0.2) is 102 Å². The quantitative estimate of drug-likeness (QED) is 0.339. The molecule has 208 valence electrons. The maximum atomic E-state index is 4.84. The average Bonchev–Trinajstić information content (AvgIpc) is 2.84. The SMILES string of the molecule is C=C(Cc1ccc(C)cc1)Cc1ccc2c(c1C)C(=C)C1=C(C)[C@@]3(C)C(=C)C(C(=C)C)=C(C)C[C@@]3(C)C[C@@]1(C)C2. The van der Waals surface area contributed by atoms with E-state index in [-0.39, 0.29) is 16.2 Å². The van der Waals surface area contributed by atoms with Gasteiger partial charge in [0.05, 0.1) is 0 Å². The highest BCUT2D eigenvalue weighted by Crippen LogP contribution is 2.70. The van der Waals surface area contributed by atoms with Gasteiger partial charge in [0.25, 0.3) is 0 Å². The van der Waals surface area contributed by atoms with Gasteiger partial charge in [-0.3, -0.25) is 0 Å². The zero-order chi connectivity index (χ0) is 29.4. The summed E-state index contributed by atoms with van der Waals surface area (Å²) in [7, 11) is 0. The van der Waals surface area contributed by atoms with Gasteiger partial charge in [-0.15, -0.1) is 0 Å². The van der Waals surface area contributed by atoms with Gasteiger partial charge in [0.1, 0.15) is 0 Å². The van der Waals surface area contributed by atoms with Gasteiger partial charge in [-0.25, -0.2) is 0 Å². The van der Waals surface area contributed by atoms with Crippen molar-refractivity contribution in [2.24, 2.45) is 16.2 Å². The van der Waals surface area contributed by atoms with Gasteiger partial charge in [-0.05, 0) is 128 Å². The van der Waals surface area contributed by atoms with Crippen LogP contribution >= 0.6 is 0 Å². The molecule has 0 saturated carbocycles. The van der Waals surface area contributed by atoms with E-state index in [0.29, 0.717) is 0 Å². The molecule has 5 rings (SSSR count). The van der Waals surface area contributed by atoms with E-state index in [0.717, 1.165) is 37.7 Å². The second kappa shape index (κ2) is 9.47. The smallest absolute Gasteiger partial charge is 0.0194 e. The maximum Gasteiger partial charge on any atom is 0.0194 e. The number of fused-ring (bicyclic) bond motifs is 3. The second-order valence-electron chi connectivity index (χ2n) is 14.1. The van der Waals surface area contributed by atoms with Gasteiger partial charge in [-0.2, -0.15) is 0 Å². The molecule has 0 saturated heterocycles. The molecule has 3 aliphatic rings. The van der Waals surface area contributed by atoms with Crippen molar-refractivity contribution in [3.8, 4) is 0 Å². The fraction of sp³-hybridized carbons (Fsp3) is 0.400. The van der Waals surface area contributed by atoms with E-state index in [1.54, 1.807) is 0 Å². The fourth-order valence-corrected chi connectivity index (χ4v) is 9.10. The van der Waals surface area contributed by atoms with Crippen LogP contribution in [0.25, 0.3) is 5.57 Å². The first-order chi connectivity index (χ1) is 18.6. The molecule has 0 heterocycles. The van der Waals surface area contributed by atoms with Gasteiger partial charge in [-0.1, -0.05) is 111 Å². The second-order valence-corrected chi connectivity index (χ2v) is 14.1. The number of allylic oxidation sites excluding steroid dienone is 8. The van der Waals surface area contributed by atoms with Gasteiger partial charge in [0.15, 0.2) is 0 Å². The lowest BCUT2D eigenvalue weighted by atomic mass is 9.41. The Kier molecular flexibility index (Phi) is 6.73. The van der Waals surface area contributed by atoms with Crippen LogP contribution < -0.4 is 0 Å². The lowest BCUT2D eigenvalue weighted by Gasteiger charge is -2.62. The number of hydrogen-bond acceptors (Lipinski definition) is 0. The van der Waals surface area contributed by atoms with E-state index < -0.39 is 0 Å². The Hall–Kier alpha value is -3.12. The lowest BCUT2D eigenvalue weighted by Crippen LogP contribution is -2.52. The Bertz CT molecular complexity index is 1550. The zero-order valence-electron chi connectivity index (χ0n) is 26.3. The summed E-state index contributed by atoms with van der Waals surface area (Å²) >= 11 is 0. The first kappa shape index (κ1) is 28.4. The van der Waals surface area contributed by atoms with E-state index in [2.05, 4.69) is 105 Å². The maximum absolute atomic E-state index is 4.84. The highest BCUT2D eigenvalue weighted by molar-refractivity contribution is 5.87. The average molecular weight is 529 g/mol. The van der Waals surface area contributed by atoms with Crippen LogP contribution in [0.3, 0.4) is 0 Å². The van der Waals surface area contributed by atoms with Crippen LogP contribution in [0.1, 0.15) is 87.8 Å². The first-order valence-electron chi connectivity index (χ1n) is 14.9. The Balaban J connectivity index is 1.56. The van der Waals surface area contributed by atoms with Crippen molar-refractivity contribution in [1.82, 2.24) is 0 Å². The molecule has 0 nitrogen and oxygen atoms in total. The number of rotatable bonds is 5. The van der Waals surface area contributed by atoms with E-state index in [1.165, 1.54) is 72.4 Å². The lowest BCUT2D eigenvalue weighted by molar-refractivity contribution is 0.0544. The third kappa shape index (κ3) is 4.09. The van der Waals surface area contributed by atoms with Gasteiger partial charge >= 0.3 is 0 Å². The molecule has 0 fully saturated rings. The fourth-order valence-electron chi connectivity index (χ4n) is 9.10. The summed E-state index contributed by atoms with van der Waals surface area (Å²) in [5, 5.41) is 0. The summed E-state index contributed by atoms with van der Waals surface area (Å²) in [6.45, 7) is 37.1. The van der Waals surface area contributed by atoms with Crippen molar-refractivity contribution in [1.29, 1.82) is 0 Å². The predicted octanol–water partition coefficient (Wildman–Crippen LogP) is 10.8. The number of hydrogen-bond donors (Lipinski definition) is 0. The largest absolute Gasteiger partial charge is 0.0992 e. The summed E-state index contributed by atoms with van der Waals surface area (Å²) < 4.78 is 0. The van der Waals surface area contributed by atoms with Crippen LogP contribution in [0, 0.1) is 30.1 Å². The molecule has 3 atom stereocenters. The molecule has 0 aliphatic heterocycles. The van der Waals surface area contributed by atoms with Crippen LogP contribution in [-0.2, 0) is 19.3 Å². The topological polar surface area (TPSA) is 0 Å². The van der Waals surface area contributed by atoms with Crippen LogP contribution in [0.2, 0.25) is 0 Å². The molecule has 0 spiro atoms. The first-order valence-corrected chi connectivity index (χ1v) is 14.9. The molecule has 2 aromatic rings. The van der Waals surface area contributed by atoms with Crippen molar-refractivity contribution < 1.29 is 0 Å². The van der Waals surface area contributed by atoms with E-state index in [9.17, 15) is 0 Å². The van der Waals surface area contributed by atoms with Crippen molar-refractivity contribution in [3.05, 3.63) is 135 Å². The summed E-state index contributed by atoms with van der Waals surface area (Å²) in [6.07, 6.45) is 5.10. The standard InChI is InChI=1S/C40H48/c1-24(2)35-27(5)21-39(11)23-38(10)22-34-18-17-33(20-26(4)19-32-15-13-25(3)14-16-32)28(6)36(34)29(7)37(38)31(9)40(39,12)30(35)8/h13-18H,1,4,7-8,19-23H2,2-3,5-6,9-12H3/t38-,39+,40-/m1/s1. The Morgan fingerprint density at radius 1 is 0.850 bits per heavy atom. The Morgan fingerprint density at radius 3 is 2.12 bits per heavy atom. The molecule has 0 unspecified atom stereocenters. The van der Waals surface area contributed by atoms with Gasteiger partial charge < -0.3 is 0 Å². The van der Waals surface area contributed by atoms with Gasteiger partial charge in [0.2, 0.25) is 0 Å². The molecular formula is C40H48. The molecule has 2 aromatic carbocycles. The van der Waals surface area contributed by atoms with E-state index >= 15 is 0 Å². The van der Waals surface area contributed by atoms with Crippen molar-refractivity contribution in [2.75, 3.05) is 0 Å². The van der Waals surface area contributed by atoms with Crippen LogP contribution in [0.5, 0.6) is 0 Å². The minimum atomic E-state index is -0.121. The molecule has 3 aliphatic carbocycles. The van der Waals surface area contributed by atoms with E-state index in [1.807, 2.05) is 0 Å². The molecule has 0 heteroatoms. The van der Waals surface area contributed by atoms with Crippen molar-refractivity contribution in [3.63, 3.8) is 0 Å². The third-order valence-electron chi connectivity index (χ3n) is 11.0. The Morgan fingerprint density at radius 2 is 1.50 bits per heavy atom. The molecule has 40 heavy (non-hydrogen) atoms. The highest BCUT2D eigenvalue weighted by Gasteiger charge is 2.59. The third-order valence-corrected chi connectivity index (χ3v) is 11.0.